The van der Waals surface area contributed by atoms with Crippen molar-refractivity contribution in [3.8, 4) is 0 Å². The van der Waals surface area contributed by atoms with Gasteiger partial charge in [0.15, 0.2) is 17.5 Å². The number of halogens is 3. The highest BCUT2D eigenvalue weighted by Crippen LogP contribution is 2.26. The first-order valence-corrected chi connectivity index (χ1v) is 8.93. The Labute approximate surface area is 133 Å². The molecular weight excluding hydrogens is 331 g/mol. The molecule has 0 spiro atoms. The van der Waals surface area contributed by atoms with Crippen LogP contribution in [0.4, 0.5) is 13.2 Å². The standard InChI is InChI=1S/C14H18F3N3O2S/c15-12-7-11(8-13(16)14(12)17)23(21,22)20-4-1-10(9-20)19-5-2-18-3-6-19/h7-8,10,18H,1-6,9H2. The van der Waals surface area contributed by atoms with Crippen molar-refractivity contribution in [3.63, 3.8) is 0 Å². The fourth-order valence-electron chi connectivity index (χ4n) is 3.10. The SMILES string of the molecule is O=S(=O)(c1cc(F)c(F)c(F)c1)N1CCC(N2CCNCC2)C1. The van der Waals surface area contributed by atoms with E-state index in [0.717, 1.165) is 26.2 Å². The van der Waals surface area contributed by atoms with Crippen LogP contribution in [0.3, 0.4) is 0 Å². The zero-order valence-corrected chi connectivity index (χ0v) is 13.3. The Kier molecular flexibility index (Phi) is 4.63. The molecule has 1 aromatic carbocycles. The zero-order valence-electron chi connectivity index (χ0n) is 12.4. The molecule has 1 unspecified atom stereocenters. The van der Waals surface area contributed by atoms with Crippen LogP contribution in [-0.4, -0.2) is 62.9 Å². The highest BCUT2D eigenvalue weighted by Gasteiger charge is 2.36. The summed E-state index contributed by atoms with van der Waals surface area (Å²) in [6.07, 6.45) is 0.672. The van der Waals surface area contributed by atoms with E-state index in [1.54, 1.807) is 0 Å². The van der Waals surface area contributed by atoms with Crippen LogP contribution in [0.1, 0.15) is 6.42 Å². The molecule has 2 fully saturated rings. The Morgan fingerprint density at radius 2 is 1.65 bits per heavy atom. The van der Waals surface area contributed by atoms with Gasteiger partial charge in [0.05, 0.1) is 4.90 Å². The third kappa shape index (κ3) is 3.23. The van der Waals surface area contributed by atoms with E-state index < -0.39 is 32.4 Å². The van der Waals surface area contributed by atoms with Crippen molar-refractivity contribution in [2.75, 3.05) is 39.3 Å². The number of benzene rings is 1. The molecule has 1 atom stereocenters. The fourth-order valence-corrected chi connectivity index (χ4v) is 4.62. The van der Waals surface area contributed by atoms with Crippen molar-refractivity contribution in [1.29, 1.82) is 0 Å². The Hall–Kier alpha value is -1.16. The highest BCUT2D eigenvalue weighted by molar-refractivity contribution is 7.89. The number of hydrogen-bond donors (Lipinski definition) is 1. The van der Waals surface area contributed by atoms with Crippen LogP contribution < -0.4 is 5.32 Å². The molecule has 23 heavy (non-hydrogen) atoms. The van der Waals surface area contributed by atoms with Gasteiger partial charge in [0, 0.05) is 45.3 Å². The normalized spacial score (nSPS) is 24.2. The third-order valence-electron chi connectivity index (χ3n) is 4.39. The molecule has 1 aromatic rings. The van der Waals surface area contributed by atoms with Gasteiger partial charge < -0.3 is 5.32 Å². The Morgan fingerprint density at radius 3 is 2.26 bits per heavy atom. The summed E-state index contributed by atoms with van der Waals surface area (Å²) in [6, 6.07) is 1.17. The van der Waals surface area contributed by atoms with Gasteiger partial charge in [-0.15, -0.1) is 0 Å². The molecule has 2 saturated heterocycles. The molecule has 128 valence electrons. The van der Waals surface area contributed by atoms with E-state index in [1.807, 2.05) is 0 Å². The van der Waals surface area contributed by atoms with Crippen molar-refractivity contribution < 1.29 is 21.6 Å². The summed E-state index contributed by atoms with van der Waals surface area (Å²) in [5.74, 6) is -4.66. The van der Waals surface area contributed by atoms with Gasteiger partial charge in [-0.25, -0.2) is 21.6 Å². The zero-order chi connectivity index (χ0) is 16.6. The second-order valence-electron chi connectivity index (χ2n) is 5.79. The van der Waals surface area contributed by atoms with Crippen molar-refractivity contribution >= 4 is 10.0 Å². The van der Waals surface area contributed by atoms with E-state index in [9.17, 15) is 21.6 Å². The largest absolute Gasteiger partial charge is 0.314 e. The van der Waals surface area contributed by atoms with Crippen LogP contribution in [0.25, 0.3) is 0 Å². The van der Waals surface area contributed by atoms with Gasteiger partial charge >= 0.3 is 0 Å². The Balaban J connectivity index is 1.78. The Morgan fingerprint density at radius 1 is 1.04 bits per heavy atom. The molecule has 0 aliphatic carbocycles. The average molecular weight is 349 g/mol. The maximum absolute atomic E-state index is 13.3. The minimum absolute atomic E-state index is 0.0991. The highest BCUT2D eigenvalue weighted by atomic mass is 32.2. The monoisotopic (exact) mass is 349 g/mol. The number of nitrogens with one attached hydrogen (secondary N) is 1. The molecule has 2 aliphatic rings. The second-order valence-corrected chi connectivity index (χ2v) is 7.73. The molecule has 2 aliphatic heterocycles. The molecule has 0 radical (unpaired) electrons. The lowest BCUT2D eigenvalue weighted by Gasteiger charge is -2.32. The van der Waals surface area contributed by atoms with Crippen LogP contribution in [0.2, 0.25) is 0 Å². The topological polar surface area (TPSA) is 52.7 Å². The smallest absolute Gasteiger partial charge is 0.243 e. The van der Waals surface area contributed by atoms with Crippen LogP contribution in [0.15, 0.2) is 17.0 Å². The maximum atomic E-state index is 13.3. The molecule has 1 N–H and O–H groups in total. The summed E-state index contributed by atoms with van der Waals surface area (Å²) in [7, 11) is -4.03. The summed E-state index contributed by atoms with van der Waals surface area (Å²) in [6.45, 7) is 3.98. The van der Waals surface area contributed by atoms with Gasteiger partial charge in [0.25, 0.3) is 0 Å². The minimum atomic E-state index is -4.03. The summed E-state index contributed by atoms with van der Waals surface area (Å²) in [5, 5.41) is 3.23. The van der Waals surface area contributed by atoms with Gasteiger partial charge in [0.1, 0.15) is 0 Å². The quantitative estimate of drug-likeness (QED) is 0.819. The maximum Gasteiger partial charge on any atom is 0.243 e. The molecule has 3 rings (SSSR count). The first-order chi connectivity index (χ1) is 10.9. The van der Waals surface area contributed by atoms with Gasteiger partial charge in [0.2, 0.25) is 10.0 Å². The Bertz CT molecular complexity index is 670. The van der Waals surface area contributed by atoms with Gasteiger partial charge in [-0.3, -0.25) is 4.90 Å². The lowest BCUT2D eigenvalue weighted by molar-refractivity contribution is 0.179. The summed E-state index contributed by atoms with van der Waals surface area (Å²) in [5.41, 5.74) is 0. The molecule has 2 heterocycles. The summed E-state index contributed by atoms with van der Waals surface area (Å²) >= 11 is 0. The van der Waals surface area contributed by atoms with Crippen molar-refractivity contribution in [2.24, 2.45) is 0 Å². The van der Waals surface area contributed by atoms with Crippen molar-refractivity contribution in [1.82, 2.24) is 14.5 Å². The molecule has 5 nitrogen and oxygen atoms in total. The summed E-state index contributed by atoms with van der Waals surface area (Å²) in [4.78, 5) is 1.67. The molecule has 0 saturated carbocycles. The van der Waals surface area contributed by atoms with Crippen LogP contribution in [0, 0.1) is 17.5 Å². The first kappa shape index (κ1) is 16.7. The number of piperazine rings is 1. The fraction of sp³-hybridized carbons (Fsp3) is 0.571. The van der Waals surface area contributed by atoms with E-state index in [2.05, 4.69) is 10.2 Å². The molecule has 0 bridgehead atoms. The van der Waals surface area contributed by atoms with Crippen LogP contribution >= 0.6 is 0 Å². The predicted octanol–water partition coefficient (Wildman–Crippen LogP) is 0.772. The van der Waals surface area contributed by atoms with Crippen LogP contribution in [-0.2, 0) is 10.0 Å². The third-order valence-corrected chi connectivity index (χ3v) is 6.23. The number of nitrogens with zero attached hydrogens (tertiary/aromatic N) is 2. The lowest BCUT2D eigenvalue weighted by atomic mass is 10.2. The average Bonchev–Trinajstić information content (AvgIpc) is 3.03. The molecule has 9 heteroatoms. The van der Waals surface area contributed by atoms with E-state index in [1.165, 1.54) is 4.31 Å². The summed E-state index contributed by atoms with van der Waals surface area (Å²) < 4.78 is 65.9. The number of sulfonamides is 1. The van der Waals surface area contributed by atoms with Crippen LogP contribution in [0.5, 0.6) is 0 Å². The van der Waals surface area contributed by atoms with Crippen molar-refractivity contribution in [2.45, 2.75) is 17.4 Å². The molecule has 0 amide bonds. The number of hydrogen-bond acceptors (Lipinski definition) is 4. The first-order valence-electron chi connectivity index (χ1n) is 7.49. The molecular formula is C14H18F3N3O2S. The van der Waals surface area contributed by atoms with Gasteiger partial charge in [-0.05, 0) is 18.6 Å². The lowest BCUT2D eigenvalue weighted by Crippen LogP contribution is -2.49. The van der Waals surface area contributed by atoms with Gasteiger partial charge in [-0.2, -0.15) is 4.31 Å². The number of rotatable bonds is 3. The molecule has 0 aromatic heterocycles. The van der Waals surface area contributed by atoms with E-state index in [-0.39, 0.29) is 19.1 Å². The van der Waals surface area contributed by atoms with Crippen molar-refractivity contribution in [3.05, 3.63) is 29.6 Å². The van der Waals surface area contributed by atoms with Gasteiger partial charge in [-0.1, -0.05) is 0 Å². The minimum Gasteiger partial charge on any atom is -0.314 e. The van der Waals surface area contributed by atoms with E-state index in [4.69, 9.17) is 0 Å². The predicted molar refractivity (Wildman–Crippen MR) is 77.9 cm³/mol. The van der Waals surface area contributed by atoms with E-state index >= 15 is 0 Å². The van der Waals surface area contributed by atoms with E-state index in [0.29, 0.717) is 18.6 Å². The second kappa shape index (κ2) is 6.39.